The molecule has 7 rings (SSSR count). The second kappa shape index (κ2) is 16.5. The Hall–Kier alpha value is -2.16. The molecular weight excluding hydrogens is 718 g/mol. The summed E-state index contributed by atoms with van der Waals surface area (Å²) in [5.41, 5.74) is -4.82. The Bertz CT molecular complexity index is 1530. The molecule has 3 N–H and O–H groups in total. The molecule has 5 saturated carbocycles. The summed E-state index contributed by atoms with van der Waals surface area (Å²) in [6.07, 6.45) is 5.84. The topological polar surface area (TPSA) is 153 Å². The third-order valence-electron chi connectivity index (χ3n) is 15.6. The molecule has 314 valence electrons. The van der Waals surface area contributed by atoms with Crippen LogP contribution in [0.2, 0.25) is 0 Å². The van der Waals surface area contributed by atoms with Crippen molar-refractivity contribution < 1.29 is 53.3 Å². The SMILES string of the molecule is CCCCCCCCCCCCC(=O)O[C@]12[C@H]3[C@@H](OC(=O)c4ccccc4)[C@](O)(C[C@H]3[C@@]34C5[C@@H]1[C@H](OC)[C@@H]3[C@](COC)(CN5C)[C@H](O)C[C@@H]4OC)[C@@H](OC)[C@@H]2O. The van der Waals surface area contributed by atoms with Crippen molar-refractivity contribution in [2.45, 2.75) is 144 Å². The number of nitrogens with zero attached hydrogens (tertiary/aromatic N) is 1. The minimum absolute atomic E-state index is 0.0841. The average molecular weight is 786 g/mol. The van der Waals surface area contributed by atoms with Gasteiger partial charge in [0.15, 0.2) is 5.60 Å². The van der Waals surface area contributed by atoms with E-state index in [0.717, 1.165) is 19.3 Å². The number of fused-ring (bicyclic) bond motifs is 2. The number of aliphatic hydroxyl groups is 3. The van der Waals surface area contributed by atoms with Gasteiger partial charge < -0.3 is 48.6 Å². The Morgan fingerprint density at radius 2 is 1.52 bits per heavy atom. The van der Waals surface area contributed by atoms with Crippen LogP contribution in [-0.2, 0) is 33.2 Å². The zero-order chi connectivity index (χ0) is 40.0. The van der Waals surface area contributed by atoms with Gasteiger partial charge in [0.25, 0.3) is 0 Å². The van der Waals surface area contributed by atoms with Gasteiger partial charge in [0.05, 0.1) is 30.5 Å². The number of aliphatic hydroxyl groups excluding tert-OH is 2. The molecule has 0 amide bonds. The van der Waals surface area contributed by atoms with E-state index < -0.39 is 88.3 Å². The van der Waals surface area contributed by atoms with Gasteiger partial charge in [0, 0.05) is 82.5 Å². The largest absolute Gasteiger partial charge is 0.455 e. The van der Waals surface area contributed by atoms with Gasteiger partial charge in [-0.2, -0.15) is 0 Å². The summed E-state index contributed by atoms with van der Waals surface area (Å²) >= 11 is 0. The van der Waals surface area contributed by atoms with E-state index in [4.69, 9.17) is 28.4 Å². The van der Waals surface area contributed by atoms with Crippen LogP contribution >= 0.6 is 0 Å². The fourth-order valence-corrected chi connectivity index (χ4v) is 14.0. The molecule has 1 aliphatic heterocycles. The van der Waals surface area contributed by atoms with Crippen molar-refractivity contribution >= 4 is 11.9 Å². The minimum Gasteiger partial charge on any atom is -0.455 e. The van der Waals surface area contributed by atoms with E-state index in [1.165, 1.54) is 45.6 Å². The first-order valence-electron chi connectivity index (χ1n) is 21.3. The first-order chi connectivity index (χ1) is 27.0. The second-order valence-electron chi connectivity index (χ2n) is 18.1. The maximum Gasteiger partial charge on any atom is 0.338 e. The predicted octanol–water partition coefficient (Wildman–Crippen LogP) is 4.55. The Balaban J connectivity index is 1.30. The summed E-state index contributed by atoms with van der Waals surface area (Å²) in [7, 11) is 8.38. The number of methoxy groups -OCH3 is 4. The monoisotopic (exact) mass is 785 g/mol. The lowest BCUT2D eigenvalue weighted by molar-refractivity contribution is -0.321. The lowest BCUT2D eigenvalue weighted by Gasteiger charge is -2.70. The van der Waals surface area contributed by atoms with Crippen molar-refractivity contribution in [3.63, 3.8) is 0 Å². The molecule has 1 spiro atoms. The van der Waals surface area contributed by atoms with Gasteiger partial charge in [-0.1, -0.05) is 82.9 Å². The summed E-state index contributed by atoms with van der Waals surface area (Å²) in [4.78, 5) is 30.7. The number of ether oxygens (including phenoxy) is 6. The first-order valence-corrected chi connectivity index (χ1v) is 21.3. The van der Waals surface area contributed by atoms with E-state index in [9.17, 15) is 24.9 Å². The molecule has 1 heterocycles. The van der Waals surface area contributed by atoms with Gasteiger partial charge in [-0.25, -0.2) is 4.79 Å². The fourth-order valence-electron chi connectivity index (χ4n) is 14.0. The Labute approximate surface area is 332 Å². The van der Waals surface area contributed by atoms with Crippen LogP contribution in [0.4, 0.5) is 0 Å². The number of benzene rings is 1. The smallest absolute Gasteiger partial charge is 0.338 e. The number of carbonyl (C=O) groups is 2. The van der Waals surface area contributed by atoms with E-state index >= 15 is 0 Å². The first kappa shape index (κ1) is 42.0. The van der Waals surface area contributed by atoms with Crippen molar-refractivity contribution in [1.82, 2.24) is 4.90 Å². The third-order valence-corrected chi connectivity index (χ3v) is 15.6. The molecule has 15 atom stereocenters. The molecule has 6 aliphatic rings. The molecule has 1 saturated heterocycles. The number of rotatable bonds is 19. The summed E-state index contributed by atoms with van der Waals surface area (Å²) in [6.45, 7) is 2.94. The van der Waals surface area contributed by atoms with Gasteiger partial charge >= 0.3 is 11.9 Å². The van der Waals surface area contributed by atoms with Crippen LogP contribution in [0.5, 0.6) is 0 Å². The van der Waals surface area contributed by atoms with Crippen LogP contribution in [0.3, 0.4) is 0 Å². The zero-order valence-electron chi connectivity index (χ0n) is 34.4. The number of hydrogen-bond donors (Lipinski definition) is 3. The van der Waals surface area contributed by atoms with E-state index in [-0.39, 0.29) is 31.4 Å². The highest BCUT2D eigenvalue weighted by Crippen LogP contribution is 2.80. The highest BCUT2D eigenvalue weighted by atomic mass is 16.6. The average Bonchev–Trinajstić information content (AvgIpc) is 3.58. The molecule has 12 heteroatoms. The Morgan fingerprint density at radius 1 is 0.857 bits per heavy atom. The molecule has 12 nitrogen and oxygen atoms in total. The maximum absolute atomic E-state index is 14.4. The number of esters is 2. The van der Waals surface area contributed by atoms with Gasteiger partial charge in [-0.15, -0.1) is 0 Å². The van der Waals surface area contributed by atoms with Crippen LogP contribution in [-0.4, -0.2) is 135 Å². The van der Waals surface area contributed by atoms with Gasteiger partial charge in [0.2, 0.25) is 0 Å². The van der Waals surface area contributed by atoms with Crippen molar-refractivity contribution in [2.75, 3.05) is 48.6 Å². The Morgan fingerprint density at radius 3 is 2.12 bits per heavy atom. The summed E-state index contributed by atoms with van der Waals surface area (Å²) in [6, 6.07) is 8.27. The quantitative estimate of drug-likeness (QED) is 0.133. The Kier molecular flexibility index (Phi) is 12.4. The maximum atomic E-state index is 14.4. The van der Waals surface area contributed by atoms with Crippen LogP contribution < -0.4 is 0 Å². The van der Waals surface area contributed by atoms with Gasteiger partial charge in [0.1, 0.15) is 23.9 Å². The molecule has 0 aromatic heterocycles. The van der Waals surface area contributed by atoms with Crippen molar-refractivity contribution in [3.8, 4) is 0 Å². The lowest BCUT2D eigenvalue weighted by Crippen LogP contribution is -2.81. The molecule has 1 aromatic rings. The predicted molar refractivity (Wildman–Crippen MR) is 207 cm³/mol. The van der Waals surface area contributed by atoms with E-state index in [2.05, 4.69) is 11.8 Å². The van der Waals surface area contributed by atoms with Crippen molar-refractivity contribution in [1.29, 1.82) is 0 Å². The summed E-state index contributed by atoms with van der Waals surface area (Å²) in [5.74, 6) is -3.48. The summed E-state index contributed by atoms with van der Waals surface area (Å²) in [5, 5.41) is 38.0. The standard InChI is InChI=1S/C44H67NO11/c1-7-8-9-10-11-12-13-14-15-19-22-31(47)56-44-32-28(24-42(50,39(54-6)37(44)48)38(32)55-40(49)27-20-17-16-18-21-27)43-30(52-4)23-29(46)41(26-51-3)25-45(2)36(43)33(44)34(53-5)35(41)43/h16-18,20-21,28-30,32-39,46,48,50H,7-15,19,22-26H2,1-6H3/t28-,29-,30+,32-,33+,34+,35-,36?,37+,38-,39+,41+,42-,43+,44-/m1/s1. The lowest BCUT2D eigenvalue weighted by atomic mass is 9.42. The molecular formula is C44H67NO11. The molecule has 6 fully saturated rings. The number of likely N-dealkylation sites (tertiary alicyclic amines) is 1. The molecule has 7 bridgehead atoms. The van der Waals surface area contributed by atoms with Gasteiger partial charge in [-0.3, -0.25) is 4.79 Å². The van der Waals surface area contributed by atoms with E-state index in [1.807, 2.05) is 13.1 Å². The third kappa shape index (κ3) is 6.05. The number of carbonyl (C=O) groups excluding carboxylic acids is 2. The number of hydrogen-bond acceptors (Lipinski definition) is 12. The zero-order valence-corrected chi connectivity index (χ0v) is 34.4. The highest BCUT2D eigenvalue weighted by molar-refractivity contribution is 5.89. The molecule has 5 aliphatic carbocycles. The molecule has 56 heavy (non-hydrogen) atoms. The fraction of sp³-hybridized carbons (Fsp3) is 0.818. The highest BCUT2D eigenvalue weighted by Gasteiger charge is 2.92. The van der Waals surface area contributed by atoms with Crippen LogP contribution in [0.25, 0.3) is 0 Å². The molecule has 1 unspecified atom stereocenters. The van der Waals surface area contributed by atoms with E-state index in [0.29, 0.717) is 24.9 Å². The van der Waals surface area contributed by atoms with Crippen LogP contribution in [0, 0.1) is 34.5 Å². The van der Waals surface area contributed by atoms with Crippen molar-refractivity contribution in [3.05, 3.63) is 35.9 Å². The second-order valence-corrected chi connectivity index (χ2v) is 18.1. The minimum atomic E-state index is -1.84. The van der Waals surface area contributed by atoms with Crippen LogP contribution in [0.15, 0.2) is 30.3 Å². The van der Waals surface area contributed by atoms with E-state index in [1.54, 1.807) is 45.6 Å². The molecule has 0 radical (unpaired) electrons. The number of unbranched alkanes of at least 4 members (excludes halogenated alkanes) is 9. The molecule has 1 aromatic carbocycles. The number of piperidine rings is 1. The van der Waals surface area contributed by atoms with Crippen molar-refractivity contribution in [2.24, 2.45) is 34.5 Å². The normalized spacial score (nSPS) is 43.1. The van der Waals surface area contributed by atoms with Gasteiger partial charge in [-0.05, 0) is 37.9 Å². The summed E-state index contributed by atoms with van der Waals surface area (Å²) < 4.78 is 38.4. The van der Waals surface area contributed by atoms with Crippen LogP contribution in [0.1, 0.15) is 101 Å².